The molecule has 0 amide bonds. The van der Waals surface area contributed by atoms with E-state index in [1.165, 1.54) is 30.6 Å². The quantitative estimate of drug-likeness (QED) is 0.105. The Balaban J connectivity index is 1.53. The maximum absolute atomic E-state index is 14.2. The highest BCUT2D eigenvalue weighted by Gasteiger charge is 2.35. The van der Waals surface area contributed by atoms with E-state index in [9.17, 15) is 19.7 Å². The van der Waals surface area contributed by atoms with Gasteiger partial charge < -0.3 is 13.9 Å². The van der Waals surface area contributed by atoms with Gasteiger partial charge >= 0.3 is 5.97 Å². The normalized spacial score (nSPS) is 14.6. The van der Waals surface area contributed by atoms with Crippen molar-refractivity contribution in [1.29, 1.82) is 0 Å². The zero-order valence-electron chi connectivity index (χ0n) is 26.1. The number of nitro benzene ring substituents is 1. The van der Waals surface area contributed by atoms with Gasteiger partial charge in [-0.05, 0) is 42.2 Å². The van der Waals surface area contributed by atoms with E-state index < -0.39 is 16.9 Å². The molecule has 0 saturated carbocycles. The van der Waals surface area contributed by atoms with Crippen molar-refractivity contribution in [2.24, 2.45) is 4.99 Å². The van der Waals surface area contributed by atoms with Crippen molar-refractivity contribution in [2.45, 2.75) is 32.7 Å². The molecule has 10 nitrogen and oxygen atoms in total. The predicted octanol–water partition coefficient (Wildman–Crippen LogP) is 6.24. The minimum absolute atomic E-state index is 0.107. The molecule has 6 rings (SSSR count). The van der Waals surface area contributed by atoms with E-state index in [1.807, 2.05) is 54.6 Å². The number of thiazole rings is 1. The summed E-state index contributed by atoms with van der Waals surface area (Å²) >= 11 is 1.19. The Bertz CT molecular complexity index is 2190. The molecular formula is C36H31N3O7S. The van der Waals surface area contributed by atoms with Gasteiger partial charge in [0.1, 0.15) is 17.3 Å². The number of fused-ring (bicyclic) bond motifs is 1. The number of esters is 1. The molecule has 0 fully saturated rings. The SMILES string of the molecule is CCOC(=O)C1=C(c2ccccc2)N=c2s/c(=C\c3ccc(-c4ccc([N+](=O)[O-])cc4OC)o3)c(=O)n2C1c1ccc(C(C)C)cc1. The van der Waals surface area contributed by atoms with E-state index in [-0.39, 0.29) is 29.2 Å². The highest BCUT2D eigenvalue weighted by Crippen LogP contribution is 2.36. The molecule has 3 heterocycles. The Kier molecular flexibility index (Phi) is 8.73. The number of nitro groups is 1. The van der Waals surface area contributed by atoms with E-state index in [2.05, 4.69) is 13.8 Å². The standard InChI is InChI=1S/C36H31N3O7S/c1-5-45-35(41)31-32(23-9-7-6-8-10-23)37-36-38(33(31)24-13-11-22(12-14-24)21(2)3)34(40)30(47-36)20-26-16-18-28(46-26)27-17-15-25(39(42)43)19-29(27)44-4/h6-21,33H,5H2,1-4H3/b30-20-. The summed E-state index contributed by atoms with van der Waals surface area (Å²) in [6, 6.07) is 24.2. The summed E-state index contributed by atoms with van der Waals surface area (Å²) in [6.45, 7) is 6.11. The summed E-state index contributed by atoms with van der Waals surface area (Å²) in [5.41, 5.74) is 3.40. The molecular weight excluding hydrogens is 618 g/mol. The van der Waals surface area contributed by atoms with Crippen LogP contribution in [0.15, 0.2) is 105 Å². The number of methoxy groups -OCH3 is 1. The van der Waals surface area contributed by atoms with Gasteiger partial charge in [-0.3, -0.25) is 19.5 Å². The van der Waals surface area contributed by atoms with Gasteiger partial charge in [-0.1, -0.05) is 79.8 Å². The summed E-state index contributed by atoms with van der Waals surface area (Å²) in [6.07, 6.45) is 1.63. The first-order valence-corrected chi connectivity index (χ1v) is 15.8. The molecule has 0 radical (unpaired) electrons. The first-order valence-electron chi connectivity index (χ1n) is 15.0. The lowest BCUT2D eigenvalue weighted by Crippen LogP contribution is -2.40. The second-order valence-corrected chi connectivity index (χ2v) is 12.1. The van der Waals surface area contributed by atoms with Crippen LogP contribution in [0.2, 0.25) is 0 Å². The molecule has 2 aromatic heterocycles. The lowest BCUT2D eigenvalue weighted by atomic mass is 9.91. The number of nitrogens with zero attached hydrogens (tertiary/aromatic N) is 3. The number of non-ortho nitro benzene ring substituents is 1. The highest BCUT2D eigenvalue weighted by molar-refractivity contribution is 7.07. The number of rotatable bonds is 9. The molecule has 1 atom stereocenters. The van der Waals surface area contributed by atoms with Crippen molar-refractivity contribution >= 4 is 34.8 Å². The van der Waals surface area contributed by atoms with Crippen molar-refractivity contribution in [3.63, 3.8) is 0 Å². The minimum atomic E-state index is -0.791. The van der Waals surface area contributed by atoms with Gasteiger partial charge in [-0.25, -0.2) is 9.79 Å². The second-order valence-electron chi connectivity index (χ2n) is 11.1. The Morgan fingerprint density at radius 2 is 1.83 bits per heavy atom. The molecule has 0 N–H and O–H groups in total. The lowest BCUT2D eigenvalue weighted by Gasteiger charge is -2.26. The summed E-state index contributed by atoms with van der Waals surface area (Å²) in [4.78, 5) is 43.9. The maximum Gasteiger partial charge on any atom is 0.338 e. The molecule has 1 aliphatic heterocycles. The van der Waals surface area contributed by atoms with Crippen LogP contribution in [0.25, 0.3) is 23.1 Å². The third-order valence-corrected chi connectivity index (χ3v) is 8.84. The fourth-order valence-electron chi connectivity index (χ4n) is 5.52. The van der Waals surface area contributed by atoms with Crippen molar-refractivity contribution in [3.8, 4) is 17.1 Å². The maximum atomic E-state index is 14.2. The van der Waals surface area contributed by atoms with E-state index in [0.717, 1.165) is 16.7 Å². The number of benzene rings is 3. The van der Waals surface area contributed by atoms with E-state index in [0.29, 0.717) is 38.0 Å². The Morgan fingerprint density at radius 1 is 1.09 bits per heavy atom. The van der Waals surface area contributed by atoms with Gasteiger partial charge in [-0.15, -0.1) is 0 Å². The number of aromatic nitrogens is 1. The number of hydrogen-bond acceptors (Lipinski definition) is 9. The van der Waals surface area contributed by atoms with Gasteiger partial charge in [0.25, 0.3) is 11.2 Å². The first-order chi connectivity index (χ1) is 22.7. The highest BCUT2D eigenvalue weighted by atomic mass is 32.1. The Labute approximate surface area is 273 Å². The van der Waals surface area contributed by atoms with Crippen LogP contribution in [0.1, 0.15) is 55.2 Å². The number of hydrogen-bond donors (Lipinski definition) is 0. The zero-order chi connectivity index (χ0) is 33.2. The fraction of sp³-hybridized carbons (Fsp3) is 0.194. The van der Waals surface area contributed by atoms with E-state index >= 15 is 0 Å². The molecule has 1 unspecified atom stereocenters. The van der Waals surface area contributed by atoms with Crippen LogP contribution in [0, 0.1) is 10.1 Å². The average Bonchev–Trinajstić information content (AvgIpc) is 3.67. The summed E-state index contributed by atoms with van der Waals surface area (Å²) in [7, 11) is 1.42. The van der Waals surface area contributed by atoms with Crippen LogP contribution in [0.5, 0.6) is 5.75 Å². The third kappa shape index (κ3) is 6.05. The van der Waals surface area contributed by atoms with Crippen molar-refractivity contribution < 1.29 is 23.6 Å². The van der Waals surface area contributed by atoms with Crippen LogP contribution >= 0.6 is 11.3 Å². The lowest BCUT2D eigenvalue weighted by molar-refractivity contribution is -0.384. The Morgan fingerprint density at radius 3 is 2.49 bits per heavy atom. The van der Waals surface area contributed by atoms with Crippen LogP contribution in [0.3, 0.4) is 0 Å². The molecule has 5 aromatic rings. The molecule has 0 bridgehead atoms. The summed E-state index contributed by atoms with van der Waals surface area (Å²) in [5, 5.41) is 11.2. The summed E-state index contributed by atoms with van der Waals surface area (Å²) in [5.74, 6) is 0.833. The number of furan rings is 1. The molecule has 11 heteroatoms. The number of carbonyl (C=O) groups excluding carboxylic acids is 1. The van der Waals surface area contributed by atoms with Gasteiger partial charge in [0.2, 0.25) is 0 Å². The fourth-order valence-corrected chi connectivity index (χ4v) is 6.50. The van der Waals surface area contributed by atoms with Gasteiger partial charge in [0.05, 0.1) is 52.1 Å². The van der Waals surface area contributed by atoms with Gasteiger partial charge in [0, 0.05) is 17.7 Å². The van der Waals surface area contributed by atoms with Gasteiger partial charge in [0.15, 0.2) is 4.80 Å². The minimum Gasteiger partial charge on any atom is -0.496 e. The van der Waals surface area contributed by atoms with Crippen LogP contribution in [-0.4, -0.2) is 29.2 Å². The molecule has 0 aliphatic carbocycles. The molecule has 3 aromatic carbocycles. The molecule has 0 spiro atoms. The average molecular weight is 650 g/mol. The first kappa shape index (κ1) is 31.4. The molecule has 238 valence electrons. The third-order valence-electron chi connectivity index (χ3n) is 7.85. The van der Waals surface area contributed by atoms with E-state index in [4.69, 9.17) is 18.9 Å². The molecule has 47 heavy (non-hydrogen) atoms. The smallest absolute Gasteiger partial charge is 0.338 e. The van der Waals surface area contributed by atoms with Crippen molar-refractivity contribution in [1.82, 2.24) is 4.57 Å². The largest absolute Gasteiger partial charge is 0.496 e. The predicted molar refractivity (Wildman–Crippen MR) is 179 cm³/mol. The van der Waals surface area contributed by atoms with Crippen LogP contribution in [0.4, 0.5) is 5.69 Å². The topological polar surface area (TPSA) is 126 Å². The number of ether oxygens (including phenoxy) is 2. The monoisotopic (exact) mass is 649 g/mol. The van der Waals surface area contributed by atoms with Crippen molar-refractivity contribution in [2.75, 3.05) is 13.7 Å². The van der Waals surface area contributed by atoms with Crippen LogP contribution in [-0.2, 0) is 9.53 Å². The zero-order valence-corrected chi connectivity index (χ0v) is 26.9. The van der Waals surface area contributed by atoms with Gasteiger partial charge in [-0.2, -0.15) is 0 Å². The summed E-state index contributed by atoms with van der Waals surface area (Å²) < 4.78 is 18.9. The van der Waals surface area contributed by atoms with Crippen molar-refractivity contribution in [3.05, 3.63) is 143 Å². The van der Waals surface area contributed by atoms with Crippen LogP contribution < -0.4 is 19.6 Å². The second kappa shape index (κ2) is 13.1. The number of carbonyl (C=O) groups is 1. The molecule has 1 aliphatic rings. The van der Waals surface area contributed by atoms with E-state index in [1.54, 1.807) is 35.8 Å². The molecule has 0 saturated heterocycles. The Hall–Kier alpha value is -5.55.